The molecule has 6 nitrogen and oxygen atoms in total. The van der Waals surface area contributed by atoms with Crippen LogP contribution in [0.1, 0.15) is 41.4 Å². The third-order valence-corrected chi connectivity index (χ3v) is 4.90. The van der Waals surface area contributed by atoms with Gasteiger partial charge in [-0.05, 0) is 54.8 Å². The Kier molecular flexibility index (Phi) is 6.74. The van der Waals surface area contributed by atoms with Gasteiger partial charge in [-0.1, -0.05) is 19.9 Å². The second-order valence-electron chi connectivity index (χ2n) is 7.33. The van der Waals surface area contributed by atoms with Crippen LogP contribution in [-0.2, 0) is 0 Å². The third-order valence-electron chi connectivity index (χ3n) is 4.90. The van der Waals surface area contributed by atoms with E-state index in [1.165, 1.54) is 26.4 Å². The predicted molar refractivity (Wildman–Crippen MR) is 120 cm³/mol. The molecule has 3 aromatic rings. The molecule has 0 saturated carbocycles. The molecule has 0 aliphatic heterocycles. The van der Waals surface area contributed by atoms with Crippen molar-refractivity contribution in [2.45, 2.75) is 26.7 Å². The van der Waals surface area contributed by atoms with Crippen LogP contribution < -0.4 is 20.1 Å². The number of nitrogens with one attached hydrogen (secondary N) is 2. The van der Waals surface area contributed by atoms with Crippen LogP contribution in [0.5, 0.6) is 11.6 Å². The predicted octanol–water partition coefficient (Wildman–Crippen LogP) is 5.67. The molecule has 162 valence electrons. The summed E-state index contributed by atoms with van der Waals surface area (Å²) in [5.74, 6) is 0.306. The molecule has 0 bridgehead atoms. The second kappa shape index (κ2) is 9.47. The van der Waals surface area contributed by atoms with Gasteiger partial charge in [0.25, 0.3) is 5.91 Å². The summed E-state index contributed by atoms with van der Waals surface area (Å²) in [6, 6.07) is 13.3. The zero-order chi connectivity index (χ0) is 22.5. The molecule has 1 heterocycles. The molecule has 7 heteroatoms. The van der Waals surface area contributed by atoms with Gasteiger partial charge in [0, 0.05) is 11.8 Å². The highest BCUT2D eigenvalue weighted by atomic mass is 19.1. The molecule has 0 aliphatic rings. The molecule has 3 rings (SSSR count). The molecule has 0 fully saturated rings. The number of nitrogens with zero attached hydrogens (tertiary/aromatic N) is 1. The van der Waals surface area contributed by atoms with Crippen molar-refractivity contribution in [3.63, 3.8) is 0 Å². The minimum Gasteiger partial charge on any atom is -0.496 e. The van der Waals surface area contributed by atoms with Gasteiger partial charge < -0.3 is 20.1 Å². The Morgan fingerprint density at radius 1 is 1.00 bits per heavy atom. The smallest absolute Gasteiger partial charge is 0.261 e. The third kappa shape index (κ3) is 4.94. The van der Waals surface area contributed by atoms with Crippen molar-refractivity contribution in [3.8, 4) is 11.6 Å². The fraction of sp³-hybridized carbons (Fsp3) is 0.250. The van der Waals surface area contributed by atoms with Gasteiger partial charge in [0.1, 0.15) is 17.1 Å². The molecule has 0 atom stereocenters. The fourth-order valence-corrected chi connectivity index (χ4v) is 3.28. The lowest BCUT2D eigenvalue weighted by Gasteiger charge is -2.19. The number of methoxy groups -OCH3 is 2. The molecule has 0 saturated heterocycles. The lowest BCUT2D eigenvalue weighted by Crippen LogP contribution is -2.16. The largest absolute Gasteiger partial charge is 0.496 e. The number of hydrogen-bond acceptors (Lipinski definition) is 5. The molecule has 0 unspecified atom stereocenters. The maximum absolute atomic E-state index is 13.8. The zero-order valence-electron chi connectivity index (χ0n) is 18.2. The van der Waals surface area contributed by atoms with Crippen molar-refractivity contribution in [1.29, 1.82) is 0 Å². The summed E-state index contributed by atoms with van der Waals surface area (Å²) < 4.78 is 24.3. The number of pyridine rings is 1. The number of rotatable bonds is 7. The zero-order valence-corrected chi connectivity index (χ0v) is 18.2. The average Bonchev–Trinajstić information content (AvgIpc) is 2.75. The van der Waals surface area contributed by atoms with Crippen LogP contribution in [-0.4, -0.2) is 25.1 Å². The Balaban J connectivity index is 1.99. The first-order valence-electron chi connectivity index (χ1n) is 9.90. The number of aromatic nitrogens is 1. The Labute approximate surface area is 181 Å². The summed E-state index contributed by atoms with van der Waals surface area (Å²) in [4.78, 5) is 17.5. The van der Waals surface area contributed by atoms with Crippen LogP contribution in [0, 0.1) is 12.7 Å². The lowest BCUT2D eigenvalue weighted by molar-refractivity contribution is 0.102. The summed E-state index contributed by atoms with van der Waals surface area (Å²) in [7, 11) is 3.04. The fourth-order valence-electron chi connectivity index (χ4n) is 3.28. The molecule has 1 aromatic heterocycles. The monoisotopic (exact) mass is 423 g/mol. The Morgan fingerprint density at radius 2 is 1.74 bits per heavy atom. The highest BCUT2D eigenvalue weighted by Gasteiger charge is 2.20. The highest BCUT2D eigenvalue weighted by molar-refractivity contribution is 6.10. The van der Waals surface area contributed by atoms with Gasteiger partial charge in [-0.15, -0.1) is 0 Å². The van der Waals surface area contributed by atoms with Crippen molar-refractivity contribution in [3.05, 3.63) is 71.2 Å². The van der Waals surface area contributed by atoms with Gasteiger partial charge in [-0.3, -0.25) is 4.79 Å². The topological polar surface area (TPSA) is 72.5 Å². The van der Waals surface area contributed by atoms with E-state index in [0.29, 0.717) is 34.3 Å². The molecular weight excluding hydrogens is 397 g/mol. The molecule has 2 aromatic carbocycles. The van der Waals surface area contributed by atoms with Crippen LogP contribution in [0.3, 0.4) is 0 Å². The van der Waals surface area contributed by atoms with Crippen LogP contribution in [0.4, 0.5) is 21.5 Å². The van der Waals surface area contributed by atoms with Crippen molar-refractivity contribution in [2.75, 3.05) is 24.9 Å². The van der Waals surface area contributed by atoms with Gasteiger partial charge in [0.2, 0.25) is 5.88 Å². The molecule has 0 aliphatic carbocycles. The number of benzene rings is 2. The maximum Gasteiger partial charge on any atom is 0.261 e. The normalized spacial score (nSPS) is 10.7. The summed E-state index contributed by atoms with van der Waals surface area (Å²) in [5.41, 5.74) is 3.60. The molecule has 0 radical (unpaired) electrons. The van der Waals surface area contributed by atoms with E-state index in [0.717, 1.165) is 11.3 Å². The molecule has 1 amide bonds. The number of hydrogen-bond donors (Lipinski definition) is 2. The Bertz CT molecular complexity index is 1100. The second-order valence-corrected chi connectivity index (χ2v) is 7.33. The minimum atomic E-state index is -0.358. The quantitative estimate of drug-likeness (QED) is 0.513. The van der Waals surface area contributed by atoms with Crippen LogP contribution in [0.2, 0.25) is 0 Å². The first-order chi connectivity index (χ1) is 14.8. The van der Waals surface area contributed by atoms with E-state index in [9.17, 15) is 9.18 Å². The number of carbonyl (C=O) groups excluding carboxylic acids is 1. The van der Waals surface area contributed by atoms with Gasteiger partial charge in [-0.2, -0.15) is 0 Å². The number of aryl methyl sites for hydroxylation is 1. The first-order valence-corrected chi connectivity index (χ1v) is 9.90. The summed E-state index contributed by atoms with van der Waals surface area (Å²) >= 11 is 0. The number of halogens is 1. The van der Waals surface area contributed by atoms with E-state index in [4.69, 9.17) is 9.47 Å². The van der Waals surface area contributed by atoms with Crippen molar-refractivity contribution >= 4 is 23.0 Å². The molecule has 2 N–H and O–H groups in total. The number of amides is 1. The Hall–Kier alpha value is -3.61. The standard InChI is InChI=1S/C24H26FN3O3/c1-14(2)17-13-16(25)9-10-19(17)27-20-7-6-8-21(30-4)23(20)24(29)28-18-11-12-22(31-5)26-15(18)3/h6-14,27H,1-5H3,(H,28,29). The average molecular weight is 423 g/mol. The lowest BCUT2D eigenvalue weighted by atomic mass is 10.0. The van der Waals surface area contributed by atoms with Gasteiger partial charge in [-0.25, -0.2) is 9.37 Å². The van der Waals surface area contributed by atoms with Gasteiger partial charge in [0.15, 0.2) is 0 Å². The summed E-state index contributed by atoms with van der Waals surface area (Å²) in [6.45, 7) is 5.75. The first kappa shape index (κ1) is 22.1. The molecule has 0 spiro atoms. The summed E-state index contributed by atoms with van der Waals surface area (Å²) in [6.07, 6.45) is 0. The van der Waals surface area contributed by atoms with Crippen LogP contribution >= 0.6 is 0 Å². The van der Waals surface area contributed by atoms with Gasteiger partial charge >= 0.3 is 0 Å². The van der Waals surface area contributed by atoms with E-state index < -0.39 is 0 Å². The van der Waals surface area contributed by atoms with Crippen molar-refractivity contribution in [2.24, 2.45) is 0 Å². The molecule has 31 heavy (non-hydrogen) atoms. The Morgan fingerprint density at radius 3 is 2.39 bits per heavy atom. The van der Waals surface area contributed by atoms with Crippen LogP contribution in [0.15, 0.2) is 48.5 Å². The van der Waals surface area contributed by atoms with E-state index in [2.05, 4.69) is 15.6 Å². The van der Waals surface area contributed by atoms with Crippen LogP contribution in [0.25, 0.3) is 0 Å². The highest BCUT2D eigenvalue weighted by Crippen LogP contribution is 2.33. The summed E-state index contributed by atoms with van der Waals surface area (Å²) in [5, 5.41) is 6.17. The van der Waals surface area contributed by atoms with Crippen molar-refractivity contribution in [1.82, 2.24) is 4.98 Å². The van der Waals surface area contributed by atoms with Crippen molar-refractivity contribution < 1.29 is 18.7 Å². The van der Waals surface area contributed by atoms with E-state index in [1.54, 1.807) is 43.3 Å². The SMILES string of the molecule is COc1ccc(NC(=O)c2c(Nc3ccc(F)cc3C(C)C)cccc2OC)c(C)n1. The van der Waals surface area contributed by atoms with Gasteiger partial charge in [0.05, 0.1) is 31.3 Å². The number of carbonyl (C=O) groups is 1. The van der Waals surface area contributed by atoms with E-state index in [-0.39, 0.29) is 17.6 Å². The molecular formula is C24H26FN3O3. The number of ether oxygens (including phenoxy) is 2. The maximum atomic E-state index is 13.8. The minimum absolute atomic E-state index is 0.0918. The number of anilines is 3. The van der Waals surface area contributed by atoms with E-state index in [1.807, 2.05) is 13.8 Å². The van der Waals surface area contributed by atoms with E-state index >= 15 is 0 Å².